The first-order chi connectivity index (χ1) is 20.4. The topological polar surface area (TPSA) is 83.6 Å². The molecule has 0 aliphatic rings. The molecule has 8 heteroatoms. The summed E-state index contributed by atoms with van der Waals surface area (Å²) < 4.78 is 40.4. The van der Waals surface area contributed by atoms with Crippen molar-refractivity contribution in [2.24, 2.45) is 0 Å². The molecule has 0 aliphatic carbocycles. The summed E-state index contributed by atoms with van der Waals surface area (Å²) in [5, 5.41) is 14.9. The van der Waals surface area contributed by atoms with E-state index in [4.69, 9.17) is 9.47 Å². The van der Waals surface area contributed by atoms with Gasteiger partial charge in [0.15, 0.2) is 6.61 Å². The highest BCUT2D eigenvalue weighted by atomic mass is 19.3. The zero-order valence-electron chi connectivity index (χ0n) is 22.9. The molecule has 5 aromatic rings. The highest BCUT2D eigenvalue weighted by Crippen LogP contribution is 2.31. The van der Waals surface area contributed by atoms with E-state index in [1.807, 2.05) is 36.4 Å². The number of aromatic nitrogens is 1. The average molecular weight is 571 g/mol. The number of H-pyrrole nitrogens is 1. The average Bonchev–Trinajstić information content (AvgIpc) is 3.02. The molecule has 1 aromatic heterocycles. The summed E-state index contributed by atoms with van der Waals surface area (Å²) in [5.41, 5.74) is 2.77. The van der Waals surface area contributed by atoms with Crippen LogP contribution in [0.2, 0.25) is 0 Å². The lowest BCUT2D eigenvalue weighted by atomic mass is 10.0. The molecule has 0 spiro atoms. The predicted octanol–water partition coefficient (Wildman–Crippen LogP) is 6.14. The Bertz CT molecular complexity index is 1660. The van der Waals surface area contributed by atoms with Gasteiger partial charge in [-0.25, -0.2) is 0 Å². The fraction of sp³-hybridized carbons (Fsp3) is 0.206. The number of aromatic amines is 1. The van der Waals surface area contributed by atoms with Gasteiger partial charge in [0.1, 0.15) is 18.1 Å². The zero-order chi connectivity index (χ0) is 29.4. The van der Waals surface area contributed by atoms with Gasteiger partial charge in [0.2, 0.25) is 5.56 Å². The maximum atomic E-state index is 14.5. The summed E-state index contributed by atoms with van der Waals surface area (Å²) in [5.74, 6) is -2.20. The van der Waals surface area contributed by atoms with Gasteiger partial charge in [0.25, 0.3) is 0 Å². The molecule has 1 heterocycles. The SMILES string of the molecule is O=c1ccc2c([C@@H](O)CNCCc3cccc(OCC(F)(F)c4ccccc4)c3)ccc(OCc3ccccc3)c2[nH]1. The maximum Gasteiger partial charge on any atom is 0.306 e. The number of rotatable bonds is 13. The molecular formula is C34H32F2N2O4. The summed E-state index contributed by atoms with van der Waals surface area (Å²) in [7, 11) is 0. The first-order valence-electron chi connectivity index (χ1n) is 13.8. The summed E-state index contributed by atoms with van der Waals surface area (Å²) in [6.45, 7) is 0.421. The second-order valence-corrected chi connectivity index (χ2v) is 10.0. The highest BCUT2D eigenvalue weighted by Gasteiger charge is 2.32. The fourth-order valence-electron chi connectivity index (χ4n) is 4.71. The van der Waals surface area contributed by atoms with Gasteiger partial charge in [0, 0.05) is 23.6 Å². The first-order valence-corrected chi connectivity index (χ1v) is 13.8. The van der Waals surface area contributed by atoms with Gasteiger partial charge in [-0.2, -0.15) is 8.78 Å². The van der Waals surface area contributed by atoms with Crippen molar-refractivity contribution in [3.05, 3.63) is 142 Å². The Kier molecular flexibility index (Phi) is 9.26. The molecule has 4 aromatic carbocycles. The van der Waals surface area contributed by atoms with Crippen molar-refractivity contribution in [3.8, 4) is 11.5 Å². The van der Waals surface area contributed by atoms with Crippen molar-refractivity contribution in [2.75, 3.05) is 19.7 Å². The Hall–Kier alpha value is -4.53. The maximum absolute atomic E-state index is 14.5. The third-order valence-electron chi connectivity index (χ3n) is 6.93. The number of fused-ring (bicyclic) bond motifs is 1. The number of aliphatic hydroxyl groups is 1. The first kappa shape index (κ1) is 29.0. The summed E-state index contributed by atoms with van der Waals surface area (Å²) in [6.07, 6.45) is -0.226. The Morgan fingerprint density at radius 2 is 1.57 bits per heavy atom. The molecule has 1 atom stereocenters. The predicted molar refractivity (Wildman–Crippen MR) is 159 cm³/mol. The molecule has 42 heavy (non-hydrogen) atoms. The number of aliphatic hydroxyl groups excluding tert-OH is 1. The van der Waals surface area contributed by atoms with Gasteiger partial charge in [0.05, 0.1) is 11.6 Å². The normalized spacial score (nSPS) is 12.3. The molecule has 0 saturated heterocycles. The number of ether oxygens (including phenoxy) is 2. The number of pyridine rings is 1. The second-order valence-electron chi connectivity index (χ2n) is 10.0. The zero-order valence-corrected chi connectivity index (χ0v) is 22.9. The van der Waals surface area contributed by atoms with Crippen molar-refractivity contribution in [3.63, 3.8) is 0 Å². The molecular weight excluding hydrogens is 538 g/mol. The van der Waals surface area contributed by atoms with Crippen LogP contribution in [0.15, 0.2) is 114 Å². The van der Waals surface area contributed by atoms with E-state index in [0.29, 0.717) is 47.5 Å². The smallest absolute Gasteiger partial charge is 0.306 e. The van der Waals surface area contributed by atoms with Crippen LogP contribution in [0, 0.1) is 0 Å². The van der Waals surface area contributed by atoms with E-state index in [1.54, 1.807) is 54.6 Å². The highest BCUT2D eigenvalue weighted by molar-refractivity contribution is 5.87. The van der Waals surface area contributed by atoms with Gasteiger partial charge >= 0.3 is 5.92 Å². The lowest BCUT2D eigenvalue weighted by Crippen LogP contribution is -2.24. The van der Waals surface area contributed by atoms with Crippen LogP contribution in [-0.4, -0.2) is 29.8 Å². The number of hydrogen-bond acceptors (Lipinski definition) is 5. The third kappa shape index (κ3) is 7.40. The van der Waals surface area contributed by atoms with Crippen LogP contribution >= 0.6 is 0 Å². The van der Waals surface area contributed by atoms with E-state index in [2.05, 4.69) is 10.3 Å². The monoisotopic (exact) mass is 570 g/mol. The van der Waals surface area contributed by atoms with Crippen molar-refractivity contribution in [1.82, 2.24) is 10.3 Å². The lowest BCUT2D eigenvalue weighted by molar-refractivity contribution is -0.0467. The van der Waals surface area contributed by atoms with Gasteiger partial charge < -0.3 is 24.9 Å². The molecule has 0 unspecified atom stereocenters. The third-order valence-corrected chi connectivity index (χ3v) is 6.93. The minimum absolute atomic E-state index is 0.0857. The molecule has 3 N–H and O–H groups in total. The van der Waals surface area contributed by atoms with Crippen molar-refractivity contribution in [2.45, 2.75) is 25.1 Å². The molecule has 0 saturated carbocycles. The summed E-state index contributed by atoms with van der Waals surface area (Å²) in [4.78, 5) is 14.9. The summed E-state index contributed by atoms with van der Waals surface area (Å²) in [6, 6.07) is 31.1. The van der Waals surface area contributed by atoms with E-state index in [9.17, 15) is 18.7 Å². The molecule has 6 nitrogen and oxygen atoms in total. The molecule has 0 bridgehead atoms. The Labute approximate surface area is 242 Å². The number of nitrogens with one attached hydrogen (secondary N) is 2. The lowest BCUT2D eigenvalue weighted by Gasteiger charge is -2.18. The molecule has 0 radical (unpaired) electrons. The largest absolute Gasteiger partial charge is 0.487 e. The molecule has 0 aliphatic heterocycles. The Morgan fingerprint density at radius 3 is 2.36 bits per heavy atom. The van der Waals surface area contributed by atoms with Crippen molar-refractivity contribution in [1.29, 1.82) is 0 Å². The molecule has 5 rings (SSSR count). The van der Waals surface area contributed by atoms with Crippen LogP contribution in [-0.2, 0) is 19.0 Å². The van der Waals surface area contributed by atoms with Gasteiger partial charge in [-0.3, -0.25) is 4.79 Å². The van der Waals surface area contributed by atoms with E-state index in [1.165, 1.54) is 18.2 Å². The minimum atomic E-state index is -3.10. The quantitative estimate of drug-likeness (QED) is 0.148. The van der Waals surface area contributed by atoms with Gasteiger partial charge in [-0.15, -0.1) is 0 Å². The standard InChI is InChI=1S/C34H32F2N2O4/c35-34(36,26-11-5-2-6-12-26)23-42-27-13-7-10-24(20-27)18-19-37-21-30(39)28-14-16-31(33-29(28)15-17-32(40)38-33)41-22-25-8-3-1-4-9-25/h1-17,20,30,37,39H,18-19,21-23H2,(H,38,40)/t30-/m0/s1. The van der Waals surface area contributed by atoms with Crippen LogP contribution in [0.5, 0.6) is 11.5 Å². The number of alkyl halides is 2. The minimum Gasteiger partial charge on any atom is -0.487 e. The number of halogens is 2. The number of hydrogen-bond donors (Lipinski definition) is 3. The van der Waals surface area contributed by atoms with E-state index in [0.717, 1.165) is 11.1 Å². The van der Waals surface area contributed by atoms with Crippen molar-refractivity contribution >= 4 is 10.9 Å². The molecule has 216 valence electrons. The molecule has 0 amide bonds. The van der Waals surface area contributed by atoms with E-state index >= 15 is 0 Å². The summed E-state index contributed by atoms with van der Waals surface area (Å²) >= 11 is 0. The Morgan fingerprint density at radius 1 is 0.833 bits per heavy atom. The van der Waals surface area contributed by atoms with Gasteiger partial charge in [-0.1, -0.05) is 78.9 Å². The fourth-order valence-corrected chi connectivity index (χ4v) is 4.71. The van der Waals surface area contributed by atoms with E-state index < -0.39 is 18.6 Å². The van der Waals surface area contributed by atoms with Crippen LogP contribution in [0.1, 0.15) is 28.4 Å². The second kappa shape index (κ2) is 13.4. The van der Waals surface area contributed by atoms with Gasteiger partial charge in [-0.05, 0) is 53.9 Å². The van der Waals surface area contributed by atoms with Crippen LogP contribution in [0.4, 0.5) is 8.78 Å². The van der Waals surface area contributed by atoms with Crippen LogP contribution in [0.25, 0.3) is 10.9 Å². The molecule has 0 fully saturated rings. The number of benzene rings is 4. The Balaban J connectivity index is 1.16. The van der Waals surface area contributed by atoms with Crippen molar-refractivity contribution < 1.29 is 23.4 Å². The van der Waals surface area contributed by atoms with E-state index in [-0.39, 0.29) is 17.7 Å². The van der Waals surface area contributed by atoms with Crippen LogP contribution in [0.3, 0.4) is 0 Å². The van der Waals surface area contributed by atoms with Crippen LogP contribution < -0.4 is 20.3 Å².